The highest BCUT2D eigenvalue weighted by atomic mass is 35.5. The van der Waals surface area contributed by atoms with Crippen molar-refractivity contribution >= 4 is 27.5 Å². The van der Waals surface area contributed by atoms with Crippen molar-refractivity contribution in [2.24, 2.45) is 5.41 Å². The van der Waals surface area contributed by atoms with E-state index < -0.39 is 15.4 Å². The molecule has 1 aliphatic rings. The quantitative estimate of drug-likeness (QED) is 0.793. The van der Waals surface area contributed by atoms with Gasteiger partial charge in [-0.15, -0.1) is 0 Å². The second kappa shape index (κ2) is 8.15. The zero-order chi connectivity index (χ0) is 19.5. The molecule has 146 valence electrons. The highest BCUT2D eigenvalue weighted by Gasteiger charge is 2.42. The van der Waals surface area contributed by atoms with Gasteiger partial charge < -0.3 is 10.1 Å². The Morgan fingerprint density at radius 1 is 1.31 bits per heavy atom. The molecule has 0 aliphatic carbocycles. The van der Waals surface area contributed by atoms with Gasteiger partial charge in [0, 0.05) is 25.2 Å². The molecule has 1 amide bonds. The number of hydrogen-bond donors (Lipinski definition) is 1. The van der Waals surface area contributed by atoms with Crippen LogP contribution in [0.5, 0.6) is 5.75 Å². The van der Waals surface area contributed by atoms with E-state index in [9.17, 15) is 13.2 Å². The number of hydrogen-bond acceptors (Lipinski definition) is 4. The summed E-state index contributed by atoms with van der Waals surface area (Å²) in [5.41, 5.74) is 0.256. The SMILES string of the molecule is CCOc1cc(C)c(Cl)cc1S(=O)(=O)N1CCC(CC)(C(=O)NC)CC1. The van der Waals surface area contributed by atoms with Crippen LogP contribution < -0.4 is 10.1 Å². The van der Waals surface area contributed by atoms with Crippen LogP contribution in [-0.4, -0.2) is 45.4 Å². The fourth-order valence-corrected chi connectivity index (χ4v) is 5.22. The van der Waals surface area contributed by atoms with Crippen molar-refractivity contribution in [3.8, 4) is 5.75 Å². The summed E-state index contributed by atoms with van der Waals surface area (Å²) in [6, 6.07) is 3.11. The number of nitrogens with one attached hydrogen (secondary N) is 1. The molecule has 1 aromatic carbocycles. The Balaban J connectivity index is 2.33. The third-order valence-electron chi connectivity index (χ3n) is 5.21. The Hall–Kier alpha value is -1.31. The Bertz CT molecular complexity index is 772. The molecule has 0 saturated carbocycles. The molecule has 1 aliphatic heterocycles. The predicted octanol–water partition coefficient (Wildman–Crippen LogP) is 2.97. The molecule has 0 atom stereocenters. The summed E-state index contributed by atoms with van der Waals surface area (Å²) < 4.78 is 33.3. The average Bonchev–Trinajstić information content (AvgIpc) is 2.63. The minimum absolute atomic E-state index is 0.0227. The number of sulfonamides is 1. The van der Waals surface area contributed by atoms with Crippen LogP contribution in [0.3, 0.4) is 0 Å². The first kappa shape index (κ1) is 21.0. The van der Waals surface area contributed by atoms with Crippen molar-refractivity contribution in [3.63, 3.8) is 0 Å². The Kier molecular flexibility index (Phi) is 6.58. The second-order valence-electron chi connectivity index (χ2n) is 6.60. The first-order valence-electron chi connectivity index (χ1n) is 8.87. The molecule has 2 rings (SSSR count). The normalized spacial score (nSPS) is 17.7. The molecule has 0 aromatic heterocycles. The molecule has 1 aromatic rings. The van der Waals surface area contributed by atoms with E-state index in [2.05, 4.69) is 5.32 Å². The lowest BCUT2D eigenvalue weighted by Crippen LogP contribution is -2.49. The number of ether oxygens (including phenoxy) is 1. The summed E-state index contributed by atoms with van der Waals surface area (Å²) in [6.45, 7) is 6.52. The van der Waals surface area contributed by atoms with Crippen LogP contribution in [0.4, 0.5) is 0 Å². The van der Waals surface area contributed by atoms with Gasteiger partial charge >= 0.3 is 0 Å². The molecular weight excluding hydrogens is 376 g/mol. The van der Waals surface area contributed by atoms with Gasteiger partial charge in [0.25, 0.3) is 0 Å². The topological polar surface area (TPSA) is 75.7 Å². The smallest absolute Gasteiger partial charge is 0.246 e. The van der Waals surface area contributed by atoms with Gasteiger partial charge in [0.05, 0.1) is 12.0 Å². The maximum atomic E-state index is 13.2. The second-order valence-corrected chi connectivity index (χ2v) is 8.91. The zero-order valence-electron chi connectivity index (χ0n) is 15.8. The summed E-state index contributed by atoms with van der Waals surface area (Å²) in [6.07, 6.45) is 1.67. The molecule has 0 unspecified atom stereocenters. The molecule has 6 nitrogen and oxygen atoms in total. The van der Waals surface area contributed by atoms with Crippen molar-refractivity contribution in [3.05, 3.63) is 22.7 Å². The van der Waals surface area contributed by atoms with Gasteiger partial charge in [-0.3, -0.25) is 4.79 Å². The molecule has 0 radical (unpaired) electrons. The first-order valence-corrected chi connectivity index (χ1v) is 10.7. The van der Waals surface area contributed by atoms with Crippen molar-refractivity contribution in [2.75, 3.05) is 26.7 Å². The third-order valence-corrected chi connectivity index (χ3v) is 7.53. The molecule has 26 heavy (non-hydrogen) atoms. The number of aryl methyl sites for hydroxylation is 1. The number of piperidine rings is 1. The van der Waals surface area contributed by atoms with Crippen LogP contribution in [0.25, 0.3) is 0 Å². The summed E-state index contributed by atoms with van der Waals surface area (Å²) in [5.74, 6) is 0.290. The van der Waals surface area contributed by atoms with E-state index in [4.69, 9.17) is 16.3 Å². The van der Waals surface area contributed by atoms with Crippen LogP contribution >= 0.6 is 11.6 Å². The van der Waals surface area contributed by atoms with Gasteiger partial charge in [-0.1, -0.05) is 18.5 Å². The Labute approximate surface area is 160 Å². The van der Waals surface area contributed by atoms with E-state index in [-0.39, 0.29) is 10.8 Å². The number of nitrogens with zero attached hydrogens (tertiary/aromatic N) is 1. The van der Waals surface area contributed by atoms with Gasteiger partial charge in [-0.25, -0.2) is 8.42 Å². The molecule has 0 spiro atoms. The Morgan fingerprint density at radius 2 is 1.92 bits per heavy atom. The summed E-state index contributed by atoms with van der Waals surface area (Å²) in [7, 11) is -2.14. The van der Waals surface area contributed by atoms with Crippen LogP contribution in [-0.2, 0) is 14.8 Å². The maximum absolute atomic E-state index is 13.2. The monoisotopic (exact) mass is 402 g/mol. The van der Waals surface area contributed by atoms with Crippen molar-refractivity contribution < 1.29 is 17.9 Å². The molecule has 0 bridgehead atoms. The van der Waals surface area contributed by atoms with Crippen molar-refractivity contribution in [2.45, 2.75) is 44.9 Å². The van der Waals surface area contributed by atoms with Gasteiger partial charge in [-0.05, 0) is 50.8 Å². The molecule has 1 fully saturated rings. The number of carbonyl (C=O) groups excluding carboxylic acids is 1. The largest absolute Gasteiger partial charge is 0.492 e. The molecule has 1 saturated heterocycles. The fraction of sp³-hybridized carbons (Fsp3) is 0.611. The highest BCUT2D eigenvalue weighted by molar-refractivity contribution is 7.89. The molecule has 8 heteroatoms. The number of benzene rings is 1. The van der Waals surface area contributed by atoms with Crippen LogP contribution in [0.15, 0.2) is 17.0 Å². The number of halogens is 1. The van der Waals surface area contributed by atoms with E-state index in [1.807, 2.05) is 6.92 Å². The average molecular weight is 403 g/mol. The van der Waals surface area contributed by atoms with Crippen molar-refractivity contribution in [1.82, 2.24) is 9.62 Å². The van der Waals surface area contributed by atoms with Gasteiger partial charge in [-0.2, -0.15) is 4.31 Å². The van der Waals surface area contributed by atoms with Gasteiger partial charge in [0.15, 0.2) is 0 Å². The zero-order valence-corrected chi connectivity index (χ0v) is 17.3. The van der Waals surface area contributed by atoms with E-state index in [0.29, 0.717) is 49.7 Å². The molecule has 1 heterocycles. The third kappa shape index (κ3) is 3.85. The fourth-order valence-electron chi connectivity index (χ4n) is 3.41. The van der Waals surface area contributed by atoms with E-state index in [0.717, 1.165) is 5.56 Å². The van der Waals surface area contributed by atoms with Gasteiger partial charge in [0.2, 0.25) is 15.9 Å². The van der Waals surface area contributed by atoms with Gasteiger partial charge in [0.1, 0.15) is 10.6 Å². The first-order chi connectivity index (χ1) is 12.2. The number of carbonyl (C=O) groups is 1. The molecular formula is C18H27ClN2O4S. The lowest BCUT2D eigenvalue weighted by molar-refractivity contribution is -0.133. The van der Waals surface area contributed by atoms with E-state index in [1.54, 1.807) is 27.0 Å². The lowest BCUT2D eigenvalue weighted by Gasteiger charge is -2.39. The van der Waals surface area contributed by atoms with E-state index in [1.165, 1.54) is 10.4 Å². The summed E-state index contributed by atoms with van der Waals surface area (Å²) in [4.78, 5) is 12.3. The van der Waals surface area contributed by atoms with E-state index >= 15 is 0 Å². The summed E-state index contributed by atoms with van der Waals surface area (Å²) >= 11 is 6.17. The minimum Gasteiger partial charge on any atom is -0.492 e. The van der Waals surface area contributed by atoms with Crippen LogP contribution in [0, 0.1) is 12.3 Å². The number of amides is 1. The Morgan fingerprint density at radius 3 is 2.42 bits per heavy atom. The highest BCUT2D eigenvalue weighted by Crippen LogP contribution is 2.39. The minimum atomic E-state index is -3.75. The van der Waals surface area contributed by atoms with Crippen LogP contribution in [0.1, 0.15) is 38.7 Å². The number of rotatable bonds is 6. The van der Waals surface area contributed by atoms with Crippen LogP contribution in [0.2, 0.25) is 5.02 Å². The molecule has 1 N–H and O–H groups in total. The summed E-state index contributed by atoms with van der Waals surface area (Å²) in [5, 5.41) is 3.09. The maximum Gasteiger partial charge on any atom is 0.246 e. The predicted molar refractivity (Wildman–Crippen MR) is 102 cm³/mol. The lowest BCUT2D eigenvalue weighted by atomic mass is 9.76. The van der Waals surface area contributed by atoms with Crippen molar-refractivity contribution in [1.29, 1.82) is 0 Å². The standard InChI is InChI=1S/C18H27ClN2O4S/c1-5-18(17(22)20-4)7-9-21(10-8-18)26(23,24)16-12-14(19)13(3)11-15(16)25-6-2/h11-12H,5-10H2,1-4H3,(H,20,22).